The molecule has 0 saturated heterocycles. The van der Waals surface area contributed by atoms with Crippen molar-refractivity contribution in [2.24, 2.45) is 0 Å². The van der Waals surface area contributed by atoms with E-state index in [2.05, 4.69) is 21.2 Å². The van der Waals surface area contributed by atoms with Gasteiger partial charge in [-0.3, -0.25) is 4.79 Å². The van der Waals surface area contributed by atoms with Crippen molar-refractivity contribution in [1.29, 1.82) is 5.26 Å². The Balaban J connectivity index is 2.23. The van der Waals surface area contributed by atoms with Gasteiger partial charge in [-0.05, 0) is 38.1 Å². The molecule has 0 spiro atoms. The van der Waals surface area contributed by atoms with Crippen LogP contribution in [-0.2, 0) is 4.79 Å². The minimum Gasteiger partial charge on any atom is -0.457 e. The molecule has 0 aliphatic heterocycles. The number of nitriles is 1. The average Bonchev–Trinajstić information content (AvgIpc) is 2.93. The molecule has 0 unspecified atom stereocenters. The first kappa shape index (κ1) is 16.1. The Labute approximate surface area is 137 Å². The number of furan rings is 1. The standard InChI is InChI=1S/C17H15BrN2O2/c1-11(2)20-17(21)13(10-19)9-15-7-8-16(22-15)12-3-5-14(18)6-4-12/h3-9,11H,1-2H3,(H,20,21)/b13-9+. The van der Waals surface area contributed by atoms with Crippen LogP contribution >= 0.6 is 15.9 Å². The first-order valence-electron chi connectivity index (χ1n) is 6.78. The summed E-state index contributed by atoms with van der Waals surface area (Å²) in [4.78, 5) is 11.9. The van der Waals surface area contributed by atoms with Crippen molar-refractivity contribution in [2.75, 3.05) is 0 Å². The van der Waals surface area contributed by atoms with E-state index in [-0.39, 0.29) is 11.6 Å². The number of hydrogen-bond acceptors (Lipinski definition) is 3. The molecule has 4 nitrogen and oxygen atoms in total. The quantitative estimate of drug-likeness (QED) is 0.659. The van der Waals surface area contributed by atoms with Gasteiger partial charge in [0.25, 0.3) is 5.91 Å². The fourth-order valence-corrected chi connectivity index (χ4v) is 2.09. The van der Waals surface area contributed by atoms with Crippen LogP contribution < -0.4 is 5.32 Å². The number of carbonyl (C=O) groups is 1. The van der Waals surface area contributed by atoms with Gasteiger partial charge in [0.15, 0.2) is 0 Å². The highest BCUT2D eigenvalue weighted by atomic mass is 79.9. The maximum atomic E-state index is 11.9. The maximum absolute atomic E-state index is 11.9. The molecule has 0 radical (unpaired) electrons. The number of benzene rings is 1. The minimum absolute atomic E-state index is 0.0189. The normalized spacial score (nSPS) is 11.3. The summed E-state index contributed by atoms with van der Waals surface area (Å²) in [7, 11) is 0. The van der Waals surface area contributed by atoms with E-state index in [9.17, 15) is 4.79 Å². The van der Waals surface area contributed by atoms with Gasteiger partial charge in [0.2, 0.25) is 0 Å². The third-order valence-corrected chi connectivity index (χ3v) is 3.36. The summed E-state index contributed by atoms with van der Waals surface area (Å²) in [6.45, 7) is 3.68. The van der Waals surface area contributed by atoms with Gasteiger partial charge in [0.05, 0.1) is 0 Å². The Morgan fingerprint density at radius 3 is 2.55 bits per heavy atom. The number of nitrogens with zero attached hydrogens (tertiary/aromatic N) is 1. The molecule has 112 valence electrons. The van der Waals surface area contributed by atoms with Crippen molar-refractivity contribution < 1.29 is 9.21 Å². The molecule has 0 fully saturated rings. The van der Waals surface area contributed by atoms with E-state index in [0.717, 1.165) is 10.0 Å². The van der Waals surface area contributed by atoms with Crippen molar-refractivity contribution in [2.45, 2.75) is 19.9 Å². The zero-order chi connectivity index (χ0) is 16.1. The molecule has 0 bridgehead atoms. The predicted octanol–water partition coefficient (Wildman–Crippen LogP) is 4.14. The van der Waals surface area contributed by atoms with Crippen molar-refractivity contribution in [3.8, 4) is 17.4 Å². The molecule has 0 atom stereocenters. The smallest absolute Gasteiger partial charge is 0.262 e. The Morgan fingerprint density at radius 2 is 1.95 bits per heavy atom. The first-order chi connectivity index (χ1) is 10.5. The van der Waals surface area contributed by atoms with E-state index >= 15 is 0 Å². The molecule has 1 aromatic heterocycles. The van der Waals surface area contributed by atoms with Gasteiger partial charge in [-0.1, -0.05) is 28.1 Å². The highest BCUT2D eigenvalue weighted by Crippen LogP contribution is 2.24. The third-order valence-electron chi connectivity index (χ3n) is 2.83. The number of carbonyl (C=O) groups excluding carboxylic acids is 1. The fourth-order valence-electron chi connectivity index (χ4n) is 1.83. The van der Waals surface area contributed by atoms with E-state index < -0.39 is 5.91 Å². The highest BCUT2D eigenvalue weighted by molar-refractivity contribution is 9.10. The maximum Gasteiger partial charge on any atom is 0.262 e. The largest absolute Gasteiger partial charge is 0.457 e. The molecule has 2 rings (SSSR count). The molecule has 5 heteroatoms. The van der Waals surface area contributed by atoms with Gasteiger partial charge in [-0.15, -0.1) is 0 Å². The molecule has 2 aromatic rings. The third kappa shape index (κ3) is 4.09. The number of hydrogen-bond donors (Lipinski definition) is 1. The Kier molecular flexibility index (Phi) is 5.18. The van der Waals surface area contributed by atoms with Crippen LogP contribution in [0.1, 0.15) is 19.6 Å². The Bertz CT molecular complexity index is 737. The summed E-state index contributed by atoms with van der Waals surface area (Å²) in [6.07, 6.45) is 1.44. The molecule has 0 aliphatic carbocycles. The van der Waals surface area contributed by atoms with Crippen molar-refractivity contribution >= 4 is 27.9 Å². The lowest BCUT2D eigenvalue weighted by Crippen LogP contribution is -2.30. The van der Waals surface area contributed by atoms with Gasteiger partial charge >= 0.3 is 0 Å². The molecular weight excluding hydrogens is 344 g/mol. The van der Waals surface area contributed by atoms with Gasteiger partial charge < -0.3 is 9.73 Å². The summed E-state index contributed by atoms with van der Waals surface area (Å²) in [5.74, 6) is 0.743. The van der Waals surface area contributed by atoms with Crippen LogP contribution in [0, 0.1) is 11.3 Å². The molecule has 1 aromatic carbocycles. The van der Waals surface area contributed by atoms with E-state index in [4.69, 9.17) is 9.68 Å². The summed E-state index contributed by atoms with van der Waals surface area (Å²) >= 11 is 3.38. The number of nitrogens with one attached hydrogen (secondary N) is 1. The molecule has 22 heavy (non-hydrogen) atoms. The van der Waals surface area contributed by atoms with Gasteiger partial charge in [-0.2, -0.15) is 5.26 Å². The van der Waals surface area contributed by atoms with Gasteiger partial charge in [0.1, 0.15) is 23.2 Å². The van der Waals surface area contributed by atoms with Crippen LogP contribution in [0.4, 0.5) is 0 Å². The fraction of sp³-hybridized carbons (Fsp3) is 0.176. The molecular formula is C17H15BrN2O2. The lowest BCUT2D eigenvalue weighted by atomic mass is 10.2. The van der Waals surface area contributed by atoms with E-state index in [1.54, 1.807) is 6.07 Å². The second-order valence-electron chi connectivity index (χ2n) is 5.01. The van der Waals surface area contributed by atoms with Crippen LogP contribution in [0.5, 0.6) is 0 Å². The average molecular weight is 359 g/mol. The lowest BCUT2D eigenvalue weighted by Gasteiger charge is -2.06. The molecule has 0 aliphatic rings. The van der Waals surface area contributed by atoms with Crippen LogP contribution in [0.2, 0.25) is 0 Å². The van der Waals surface area contributed by atoms with Crippen LogP contribution in [0.3, 0.4) is 0 Å². The van der Waals surface area contributed by atoms with Crippen LogP contribution in [-0.4, -0.2) is 11.9 Å². The summed E-state index contributed by atoms with van der Waals surface area (Å²) in [5.41, 5.74) is 0.943. The monoisotopic (exact) mass is 358 g/mol. The van der Waals surface area contributed by atoms with Gasteiger partial charge in [-0.25, -0.2) is 0 Å². The lowest BCUT2D eigenvalue weighted by molar-refractivity contribution is -0.117. The first-order valence-corrected chi connectivity index (χ1v) is 7.57. The topological polar surface area (TPSA) is 66.0 Å². The Hall–Kier alpha value is -2.32. The van der Waals surface area contributed by atoms with Crippen LogP contribution in [0.15, 0.2) is 50.9 Å². The zero-order valence-electron chi connectivity index (χ0n) is 12.3. The van der Waals surface area contributed by atoms with Gasteiger partial charge in [0, 0.05) is 22.2 Å². The second kappa shape index (κ2) is 7.10. The molecule has 1 heterocycles. The van der Waals surface area contributed by atoms with Crippen molar-refractivity contribution in [3.63, 3.8) is 0 Å². The molecule has 1 N–H and O–H groups in total. The summed E-state index contributed by atoms with van der Waals surface area (Å²) in [6, 6.07) is 13.1. The van der Waals surface area contributed by atoms with E-state index in [0.29, 0.717) is 11.5 Å². The zero-order valence-corrected chi connectivity index (χ0v) is 13.8. The van der Waals surface area contributed by atoms with Crippen LogP contribution in [0.25, 0.3) is 17.4 Å². The summed E-state index contributed by atoms with van der Waals surface area (Å²) in [5, 5.41) is 11.8. The second-order valence-corrected chi connectivity index (χ2v) is 5.92. The molecule has 1 amide bonds. The number of halogens is 1. The molecule has 0 saturated carbocycles. The number of amides is 1. The van der Waals surface area contributed by atoms with E-state index in [1.165, 1.54) is 6.08 Å². The Morgan fingerprint density at radius 1 is 1.27 bits per heavy atom. The summed E-state index contributed by atoms with van der Waals surface area (Å²) < 4.78 is 6.66. The SMILES string of the molecule is CC(C)NC(=O)/C(C#N)=C/c1ccc(-c2ccc(Br)cc2)o1. The highest BCUT2D eigenvalue weighted by Gasteiger charge is 2.11. The predicted molar refractivity (Wildman–Crippen MR) is 88.7 cm³/mol. The van der Waals surface area contributed by atoms with Crippen molar-refractivity contribution in [1.82, 2.24) is 5.32 Å². The number of rotatable bonds is 4. The van der Waals surface area contributed by atoms with E-state index in [1.807, 2.05) is 50.2 Å². The van der Waals surface area contributed by atoms with Crippen molar-refractivity contribution in [3.05, 3.63) is 52.2 Å². The minimum atomic E-state index is -0.404.